The van der Waals surface area contributed by atoms with E-state index in [2.05, 4.69) is 15.3 Å². The van der Waals surface area contributed by atoms with E-state index in [4.69, 9.17) is 13.9 Å². The largest absolute Gasteiger partial charge is 0.507 e. The molecule has 2 aromatic heterocycles. The normalized spacial score (nSPS) is 11.0. The third kappa shape index (κ3) is 2.46. The first-order valence-corrected chi connectivity index (χ1v) is 7.54. The molecule has 126 valence electrons. The molecule has 0 saturated heterocycles. The number of anilines is 2. The van der Waals surface area contributed by atoms with Crippen LogP contribution in [0.5, 0.6) is 17.2 Å². The van der Waals surface area contributed by atoms with Crippen LogP contribution in [0.1, 0.15) is 0 Å². The molecule has 0 amide bonds. The van der Waals surface area contributed by atoms with Gasteiger partial charge in [0.05, 0.1) is 37.1 Å². The van der Waals surface area contributed by atoms with Crippen LogP contribution in [-0.2, 0) is 0 Å². The molecule has 7 heteroatoms. The second-order valence-electron chi connectivity index (χ2n) is 5.37. The van der Waals surface area contributed by atoms with Gasteiger partial charge in [0.25, 0.3) is 0 Å². The minimum absolute atomic E-state index is 0.160. The first-order valence-electron chi connectivity index (χ1n) is 7.54. The van der Waals surface area contributed by atoms with Gasteiger partial charge in [-0.2, -0.15) is 0 Å². The summed E-state index contributed by atoms with van der Waals surface area (Å²) in [4.78, 5) is 8.61. The quantitative estimate of drug-likeness (QED) is 0.547. The molecular formula is C18H15N3O4. The Kier molecular flexibility index (Phi) is 3.53. The Balaban J connectivity index is 1.86. The molecule has 0 atom stereocenters. The van der Waals surface area contributed by atoms with Crippen molar-refractivity contribution in [2.24, 2.45) is 0 Å². The highest BCUT2D eigenvalue weighted by atomic mass is 16.5. The summed E-state index contributed by atoms with van der Waals surface area (Å²) in [6, 6.07) is 8.65. The molecule has 0 aliphatic carbocycles. The van der Waals surface area contributed by atoms with Crippen LogP contribution in [0.4, 0.5) is 11.5 Å². The summed E-state index contributed by atoms with van der Waals surface area (Å²) >= 11 is 0. The number of methoxy groups -OCH3 is 2. The van der Waals surface area contributed by atoms with E-state index in [1.807, 2.05) is 6.07 Å². The Morgan fingerprint density at radius 2 is 1.80 bits per heavy atom. The molecule has 0 radical (unpaired) electrons. The molecule has 2 N–H and O–H groups in total. The molecule has 2 heterocycles. The van der Waals surface area contributed by atoms with Gasteiger partial charge in [-0.3, -0.25) is 0 Å². The molecule has 0 fully saturated rings. The van der Waals surface area contributed by atoms with Crippen molar-refractivity contribution in [3.8, 4) is 17.2 Å². The van der Waals surface area contributed by atoms with Crippen LogP contribution in [0, 0.1) is 0 Å². The summed E-state index contributed by atoms with van der Waals surface area (Å²) in [7, 11) is 3.15. The Bertz CT molecular complexity index is 1070. The van der Waals surface area contributed by atoms with Crippen LogP contribution < -0.4 is 14.8 Å². The van der Waals surface area contributed by atoms with Gasteiger partial charge >= 0.3 is 0 Å². The maximum absolute atomic E-state index is 9.90. The Morgan fingerprint density at radius 3 is 2.60 bits per heavy atom. The molecule has 7 nitrogen and oxygen atoms in total. The van der Waals surface area contributed by atoms with E-state index in [9.17, 15) is 5.11 Å². The first-order chi connectivity index (χ1) is 12.2. The third-order valence-electron chi connectivity index (χ3n) is 3.99. The molecule has 0 bridgehead atoms. The Morgan fingerprint density at radius 1 is 1.00 bits per heavy atom. The SMILES string of the molecule is COc1cc2ncnc(Nc3ccc(O)c4ccoc34)c2cc1OC. The van der Waals surface area contributed by atoms with Crippen LogP contribution in [0.15, 0.2) is 47.3 Å². The van der Waals surface area contributed by atoms with Crippen LogP contribution in [0.25, 0.3) is 21.9 Å². The third-order valence-corrected chi connectivity index (χ3v) is 3.99. The fourth-order valence-corrected chi connectivity index (χ4v) is 2.76. The van der Waals surface area contributed by atoms with Gasteiger partial charge in [-0.1, -0.05) is 0 Å². The summed E-state index contributed by atoms with van der Waals surface area (Å²) in [5, 5.41) is 14.5. The summed E-state index contributed by atoms with van der Waals surface area (Å²) in [6.07, 6.45) is 3.00. The van der Waals surface area contributed by atoms with Gasteiger partial charge in [0.15, 0.2) is 17.1 Å². The van der Waals surface area contributed by atoms with Crippen molar-refractivity contribution < 1.29 is 19.0 Å². The number of benzene rings is 2. The standard InChI is InChI=1S/C18H15N3O4/c1-23-15-7-11-13(8-16(15)24-2)19-9-20-18(11)21-12-3-4-14(22)10-5-6-25-17(10)12/h3-9,22H,1-2H3,(H,19,20,21). The lowest BCUT2D eigenvalue weighted by Gasteiger charge is -2.12. The fraction of sp³-hybridized carbons (Fsp3) is 0.111. The van der Waals surface area contributed by atoms with E-state index in [1.54, 1.807) is 38.5 Å². The van der Waals surface area contributed by atoms with Crippen molar-refractivity contribution in [1.82, 2.24) is 9.97 Å². The molecule has 0 spiro atoms. The van der Waals surface area contributed by atoms with Crippen molar-refractivity contribution in [3.63, 3.8) is 0 Å². The smallest absolute Gasteiger partial charge is 0.162 e. The second-order valence-corrected chi connectivity index (χ2v) is 5.37. The molecule has 0 saturated carbocycles. The molecule has 0 unspecified atom stereocenters. The van der Waals surface area contributed by atoms with Gasteiger partial charge in [-0.15, -0.1) is 0 Å². The van der Waals surface area contributed by atoms with Gasteiger partial charge in [0.1, 0.15) is 17.9 Å². The number of furan rings is 1. The van der Waals surface area contributed by atoms with E-state index in [0.717, 1.165) is 5.39 Å². The average molecular weight is 337 g/mol. The van der Waals surface area contributed by atoms with Crippen molar-refractivity contribution in [1.29, 1.82) is 0 Å². The van der Waals surface area contributed by atoms with Crippen molar-refractivity contribution in [2.75, 3.05) is 19.5 Å². The summed E-state index contributed by atoms with van der Waals surface area (Å²) in [5.41, 5.74) is 1.95. The highest BCUT2D eigenvalue weighted by Crippen LogP contribution is 2.37. The lowest BCUT2D eigenvalue weighted by molar-refractivity contribution is 0.356. The Labute approximate surface area is 142 Å². The van der Waals surface area contributed by atoms with Crippen LogP contribution in [0.3, 0.4) is 0 Å². The summed E-state index contributed by atoms with van der Waals surface area (Å²) in [6.45, 7) is 0. The maximum Gasteiger partial charge on any atom is 0.162 e. The number of hydrogen-bond donors (Lipinski definition) is 2. The van der Waals surface area contributed by atoms with Gasteiger partial charge in [0.2, 0.25) is 0 Å². The lowest BCUT2D eigenvalue weighted by Crippen LogP contribution is -1.98. The van der Waals surface area contributed by atoms with Gasteiger partial charge in [-0.05, 0) is 24.3 Å². The van der Waals surface area contributed by atoms with Gasteiger partial charge < -0.3 is 24.3 Å². The van der Waals surface area contributed by atoms with Crippen molar-refractivity contribution >= 4 is 33.4 Å². The predicted molar refractivity (Wildman–Crippen MR) is 93.8 cm³/mol. The van der Waals surface area contributed by atoms with Gasteiger partial charge in [0, 0.05) is 11.5 Å². The minimum Gasteiger partial charge on any atom is -0.507 e. The lowest BCUT2D eigenvalue weighted by atomic mass is 10.2. The zero-order chi connectivity index (χ0) is 17.4. The van der Waals surface area contributed by atoms with E-state index in [0.29, 0.717) is 39.5 Å². The van der Waals surface area contributed by atoms with E-state index >= 15 is 0 Å². The number of fused-ring (bicyclic) bond motifs is 2. The van der Waals surface area contributed by atoms with Gasteiger partial charge in [-0.25, -0.2) is 9.97 Å². The Hall–Kier alpha value is -3.48. The maximum atomic E-state index is 9.90. The molecule has 4 aromatic rings. The zero-order valence-corrected chi connectivity index (χ0v) is 13.6. The van der Waals surface area contributed by atoms with Crippen LogP contribution in [-0.4, -0.2) is 29.3 Å². The molecule has 4 rings (SSSR count). The van der Waals surface area contributed by atoms with Crippen LogP contribution >= 0.6 is 0 Å². The first kappa shape index (κ1) is 15.1. The number of ether oxygens (including phenoxy) is 2. The van der Waals surface area contributed by atoms with Crippen molar-refractivity contribution in [3.05, 3.63) is 42.9 Å². The number of aromatic nitrogens is 2. The fourth-order valence-electron chi connectivity index (χ4n) is 2.76. The highest BCUT2D eigenvalue weighted by Gasteiger charge is 2.13. The summed E-state index contributed by atoms with van der Waals surface area (Å²) < 4.78 is 16.2. The monoisotopic (exact) mass is 337 g/mol. The second kappa shape index (κ2) is 5.86. The molecule has 0 aliphatic rings. The molecule has 0 aliphatic heterocycles. The van der Waals surface area contributed by atoms with Crippen molar-refractivity contribution in [2.45, 2.75) is 0 Å². The van der Waals surface area contributed by atoms with E-state index in [-0.39, 0.29) is 5.75 Å². The number of phenolic OH excluding ortho intramolecular Hbond substituents is 1. The van der Waals surface area contributed by atoms with Crippen LogP contribution in [0.2, 0.25) is 0 Å². The molecule has 2 aromatic carbocycles. The highest BCUT2D eigenvalue weighted by molar-refractivity contribution is 5.98. The number of rotatable bonds is 4. The number of nitrogens with one attached hydrogen (secondary N) is 1. The minimum atomic E-state index is 0.160. The average Bonchev–Trinajstić information content (AvgIpc) is 3.14. The predicted octanol–water partition coefficient (Wildman–Crippen LogP) is 3.84. The molecular weight excluding hydrogens is 322 g/mol. The number of phenols is 1. The topological polar surface area (TPSA) is 89.6 Å². The zero-order valence-electron chi connectivity index (χ0n) is 13.6. The van der Waals surface area contributed by atoms with E-state index < -0.39 is 0 Å². The number of hydrogen-bond acceptors (Lipinski definition) is 7. The number of aromatic hydroxyl groups is 1. The summed E-state index contributed by atoms with van der Waals surface area (Å²) in [5.74, 6) is 1.93. The number of nitrogens with zero attached hydrogens (tertiary/aromatic N) is 2. The van der Waals surface area contributed by atoms with E-state index in [1.165, 1.54) is 12.6 Å². The molecule has 25 heavy (non-hydrogen) atoms.